The van der Waals surface area contributed by atoms with E-state index < -0.39 is 0 Å². The van der Waals surface area contributed by atoms with Gasteiger partial charge in [-0.3, -0.25) is 0 Å². The lowest BCUT2D eigenvalue weighted by atomic mass is 9.78. The van der Waals surface area contributed by atoms with E-state index >= 15 is 0 Å². The number of hydrogen-bond acceptors (Lipinski definition) is 2. The smallest absolute Gasteiger partial charge is 0.0701 e. The van der Waals surface area contributed by atoms with Crippen LogP contribution in [0.1, 0.15) is 52.3 Å². The highest BCUT2D eigenvalue weighted by Crippen LogP contribution is 2.34. The first kappa shape index (κ1) is 16.2. The van der Waals surface area contributed by atoms with Gasteiger partial charge in [-0.2, -0.15) is 0 Å². The van der Waals surface area contributed by atoms with Crippen LogP contribution in [0.15, 0.2) is 15.9 Å². The third kappa shape index (κ3) is 5.02. The lowest BCUT2D eigenvalue weighted by Gasteiger charge is -2.35. The summed E-state index contributed by atoms with van der Waals surface area (Å²) >= 11 is 5.42. The van der Waals surface area contributed by atoms with Gasteiger partial charge in [0, 0.05) is 17.0 Å². The Balaban J connectivity index is 2.73. The Morgan fingerprint density at radius 2 is 1.78 bits per heavy atom. The summed E-state index contributed by atoms with van der Waals surface area (Å²) in [6, 6.07) is 4.42. The first-order chi connectivity index (χ1) is 8.30. The molecule has 0 amide bonds. The van der Waals surface area contributed by atoms with Gasteiger partial charge in [0.15, 0.2) is 0 Å². The Kier molecular flexibility index (Phi) is 5.88. The molecule has 0 aromatic carbocycles. The van der Waals surface area contributed by atoms with Gasteiger partial charge in [-0.05, 0) is 73.5 Å². The average molecular weight is 332 g/mol. The van der Waals surface area contributed by atoms with Crippen molar-refractivity contribution in [3.63, 3.8) is 0 Å². The summed E-state index contributed by atoms with van der Waals surface area (Å²) in [4.78, 5) is 1.49. The summed E-state index contributed by atoms with van der Waals surface area (Å²) in [5.41, 5.74) is 0.587. The van der Waals surface area contributed by atoms with Crippen molar-refractivity contribution in [2.75, 3.05) is 6.54 Å². The van der Waals surface area contributed by atoms with Crippen molar-refractivity contribution in [1.29, 1.82) is 0 Å². The number of rotatable bonds is 6. The Labute approximate surface area is 125 Å². The third-order valence-electron chi connectivity index (χ3n) is 3.67. The van der Waals surface area contributed by atoms with Crippen LogP contribution in [0.25, 0.3) is 0 Å². The van der Waals surface area contributed by atoms with Crippen molar-refractivity contribution in [3.8, 4) is 0 Å². The number of nitrogens with one attached hydrogen (secondary N) is 1. The molecule has 0 aliphatic rings. The highest BCUT2D eigenvalue weighted by Gasteiger charge is 2.28. The summed E-state index contributed by atoms with van der Waals surface area (Å²) in [7, 11) is 0. The Bertz CT molecular complexity index is 361. The zero-order valence-electron chi connectivity index (χ0n) is 12.3. The molecule has 1 aromatic rings. The fourth-order valence-electron chi connectivity index (χ4n) is 2.08. The van der Waals surface area contributed by atoms with E-state index in [-0.39, 0.29) is 5.54 Å². The molecular formula is C15H26BrNS. The predicted molar refractivity (Wildman–Crippen MR) is 86.5 cm³/mol. The van der Waals surface area contributed by atoms with Crippen LogP contribution in [0.5, 0.6) is 0 Å². The molecule has 1 aromatic heterocycles. The maximum Gasteiger partial charge on any atom is 0.0701 e. The minimum atomic E-state index is 0.200. The molecule has 1 heterocycles. The number of thiophene rings is 1. The SMILES string of the molecule is CCC(CC)(CNC(C)(C)C)Cc1ccc(Br)s1. The molecule has 0 saturated carbocycles. The summed E-state index contributed by atoms with van der Waals surface area (Å²) in [5, 5.41) is 3.68. The van der Waals surface area contributed by atoms with Crippen molar-refractivity contribution in [2.45, 2.75) is 59.4 Å². The van der Waals surface area contributed by atoms with Crippen LogP contribution in [0.2, 0.25) is 0 Å². The monoisotopic (exact) mass is 331 g/mol. The molecule has 0 aliphatic heterocycles. The van der Waals surface area contributed by atoms with E-state index in [0.29, 0.717) is 5.41 Å². The first-order valence-corrected chi connectivity index (χ1v) is 8.40. The molecule has 1 rings (SSSR count). The summed E-state index contributed by atoms with van der Waals surface area (Å²) in [6.45, 7) is 12.5. The van der Waals surface area contributed by atoms with Crippen LogP contribution >= 0.6 is 27.3 Å². The quantitative estimate of drug-likeness (QED) is 0.750. The molecule has 3 heteroatoms. The summed E-state index contributed by atoms with van der Waals surface area (Å²) in [5.74, 6) is 0. The van der Waals surface area contributed by atoms with E-state index in [1.54, 1.807) is 0 Å². The van der Waals surface area contributed by atoms with Crippen molar-refractivity contribution < 1.29 is 0 Å². The molecule has 0 unspecified atom stereocenters. The van der Waals surface area contributed by atoms with Gasteiger partial charge in [0.05, 0.1) is 3.79 Å². The molecule has 104 valence electrons. The molecule has 0 aliphatic carbocycles. The van der Waals surface area contributed by atoms with E-state index in [0.717, 1.165) is 6.54 Å². The highest BCUT2D eigenvalue weighted by atomic mass is 79.9. The van der Waals surface area contributed by atoms with Gasteiger partial charge in [0.25, 0.3) is 0 Å². The zero-order valence-corrected chi connectivity index (χ0v) is 14.7. The number of halogens is 1. The Hall–Kier alpha value is 0.140. The summed E-state index contributed by atoms with van der Waals surface area (Å²) < 4.78 is 1.24. The molecular weight excluding hydrogens is 306 g/mol. The topological polar surface area (TPSA) is 12.0 Å². The fourth-order valence-corrected chi connectivity index (χ4v) is 3.74. The van der Waals surface area contributed by atoms with E-state index in [9.17, 15) is 0 Å². The van der Waals surface area contributed by atoms with Gasteiger partial charge in [-0.1, -0.05) is 13.8 Å². The second-order valence-corrected chi connectivity index (χ2v) is 8.74. The second kappa shape index (κ2) is 6.53. The lowest BCUT2D eigenvalue weighted by molar-refractivity contribution is 0.221. The minimum Gasteiger partial charge on any atom is -0.312 e. The predicted octanol–water partition coefficient (Wildman–Crippen LogP) is 5.25. The number of hydrogen-bond donors (Lipinski definition) is 1. The largest absolute Gasteiger partial charge is 0.312 e. The van der Waals surface area contributed by atoms with Gasteiger partial charge < -0.3 is 5.32 Å². The standard InChI is InChI=1S/C15H26BrNS/c1-6-15(7-2,11-17-14(3,4)5)10-12-8-9-13(16)18-12/h8-9,17H,6-7,10-11H2,1-5H3. The molecule has 0 spiro atoms. The fraction of sp³-hybridized carbons (Fsp3) is 0.733. The maximum atomic E-state index is 3.68. The molecule has 0 radical (unpaired) electrons. The summed E-state index contributed by atoms with van der Waals surface area (Å²) in [6.07, 6.45) is 3.63. The van der Waals surface area contributed by atoms with E-state index in [1.165, 1.54) is 27.9 Å². The minimum absolute atomic E-state index is 0.200. The lowest BCUT2D eigenvalue weighted by Crippen LogP contribution is -2.44. The Morgan fingerprint density at radius 3 is 2.17 bits per heavy atom. The van der Waals surface area contributed by atoms with Crippen LogP contribution in [0.4, 0.5) is 0 Å². The van der Waals surface area contributed by atoms with Crippen LogP contribution in [-0.2, 0) is 6.42 Å². The van der Waals surface area contributed by atoms with Gasteiger partial charge in [0.2, 0.25) is 0 Å². The van der Waals surface area contributed by atoms with E-state index in [4.69, 9.17) is 0 Å². The van der Waals surface area contributed by atoms with Gasteiger partial charge in [-0.25, -0.2) is 0 Å². The zero-order chi connectivity index (χ0) is 13.8. The molecule has 1 nitrogen and oxygen atoms in total. The molecule has 0 atom stereocenters. The molecule has 18 heavy (non-hydrogen) atoms. The van der Waals surface area contributed by atoms with Crippen LogP contribution in [0, 0.1) is 5.41 Å². The normalized spacial score (nSPS) is 13.0. The average Bonchev–Trinajstić information content (AvgIpc) is 2.69. The second-order valence-electron chi connectivity index (χ2n) is 6.19. The highest BCUT2D eigenvalue weighted by molar-refractivity contribution is 9.11. The van der Waals surface area contributed by atoms with Gasteiger partial charge >= 0.3 is 0 Å². The molecule has 1 N–H and O–H groups in total. The molecule has 0 fully saturated rings. The van der Waals surface area contributed by atoms with Crippen LogP contribution in [-0.4, -0.2) is 12.1 Å². The molecule has 0 saturated heterocycles. The van der Waals surface area contributed by atoms with E-state index in [1.807, 2.05) is 11.3 Å². The molecule has 0 bridgehead atoms. The van der Waals surface area contributed by atoms with Crippen molar-refractivity contribution in [3.05, 3.63) is 20.8 Å². The Morgan fingerprint density at radius 1 is 1.17 bits per heavy atom. The van der Waals surface area contributed by atoms with Crippen molar-refractivity contribution in [2.24, 2.45) is 5.41 Å². The van der Waals surface area contributed by atoms with E-state index in [2.05, 4.69) is 68.0 Å². The van der Waals surface area contributed by atoms with Crippen LogP contribution in [0.3, 0.4) is 0 Å². The van der Waals surface area contributed by atoms with Crippen molar-refractivity contribution >= 4 is 27.3 Å². The van der Waals surface area contributed by atoms with Gasteiger partial charge in [0.1, 0.15) is 0 Å². The maximum absolute atomic E-state index is 3.68. The first-order valence-electron chi connectivity index (χ1n) is 6.79. The van der Waals surface area contributed by atoms with Crippen molar-refractivity contribution in [1.82, 2.24) is 5.32 Å². The third-order valence-corrected chi connectivity index (χ3v) is 5.30. The van der Waals surface area contributed by atoms with Crippen LogP contribution < -0.4 is 5.32 Å². The van der Waals surface area contributed by atoms with Gasteiger partial charge in [-0.15, -0.1) is 11.3 Å².